The summed E-state index contributed by atoms with van der Waals surface area (Å²) in [5, 5.41) is 0. The Balaban J connectivity index is 1.44. The Morgan fingerprint density at radius 2 is 1.96 bits per heavy atom. The maximum atomic E-state index is 11.5. The number of hydrogen-bond donors (Lipinski definition) is 0. The van der Waals surface area contributed by atoms with Gasteiger partial charge >= 0.3 is 5.97 Å². The van der Waals surface area contributed by atoms with E-state index in [1.165, 1.54) is 5.56 Å². The number of esters is 1. The maximum absolute atomic E-state index is 11.5. The second kappa shape index (κ2) is 9.58. The van der Waals surface area contributed by atoms with Crippen molar-refractivity contribution < 1.29 is 19.0 Å². The van der Waals surface area contributed by atoms with E-state index in [9.17, 15) is 4.79 Å². The fourth-order valence-electron chi connectivity index (χ4n) is 3.39. The molecule has 0 saturated carbocycles. The lowest BCUT2D eigenvalue weighted by Gasteiger charge is -2.13. The first-order valence-corrected chi connectivity index (χ1v) is 10.1. The molecule has 0 fully saturated rings. The summed E-state index contributed by atoms with van der Waals surface area (Å²) in [6, 6.07) is 10.0. The van der Waals surface area contributed by atoms with Gasteiger partial charge in [-0.3, -0.25) is 9.78 Å². The van der Waals surface area contributed by atoms with E-state index in [1.807, 2.05) is 38.1 Å². The van der Waals surface area contributed by atoms with Crippen molar-refractivity contribution in [2.75, 3.05) is 13.2 Å². The van der Waals surface area contributed by atoms with Crippen LogP contribution in [0.3, 0.4) is 0 Å². The molecule has 0 aliphatic heterocycles. The lowest BCUT2D eigenvalue weighted by atomic mass is 10.1. The molecule has 150 valence electrons. The number of carbonyl (C=O) groups is 1. The first-order chi connectivity index (χ1) is 13.6. The van der Waals surface area contributed by atoms with Crippen LogP contribution in [0.5, 0.6) is 11.5 Å². The molecule has 1 aliphatic rings. The van der Waals surface area contributed by atoms with Gasteiger partial charge in [0.15, 0.2) is 0 Å². The van der Waals surface area contributed by atoms with Gasteiger partial charge in [-0.25, -0.2) is 0 Å². The topological polar surface area (TPSA) is 57.7 Å². The zero-order chi connectivity index (χ0) is 19.9. The smallest absolute Gasteiger partial charge is 0.306 e. The normalized spacial score (nSPS) is 15.2. The summed E-state index contributed by atoms with van der Waals surface area (Å²) in [5.74, 6) is 1.54. The Morgan fingerprint density at radius 3 is 2.71 bits per heavy atom. The molecular formula is C23H29NO4. The number of rotatable bonds is 9. The minimum atomic E-state index is -0.145. The molecule has 0 bridgehead atoms. The monoisotopic (exact) mass is 383 g/mol. The SMILES string of the molecule is CCC(=O)O[C@H]1CCc2cc(OCCCOc3ccc(CC)nc3C)ccc21. The molecule has 0 N–H and O–H groups in total. The molecule has 3 rings (SSSR count). The molecule has 5 nitrogen and oxygen atoms in total. The van der Waals surface area contributed by atoms with Crippen molar-refractivity contribution in [3.05, 3.63) is 52.8 Å². The van der Waals surface area contributed by atoms with Crippen molar-refractivity contribution >= 4 is 5.97 Å². The number of fused-ring (bicyclic) bond motifs is 1. The fourth-order valence-corrected chi connectivity index (χ4v) is 3.39. The van der Waals surface area contributed by atoms with E-state index in [0.29, 0.717) is 19.6 Å². The van der Waals surface area contributed by atoms with Crippen LogP contribution >= 0.6 is 0 Å². The molecule has 1 atom stereocenters. The molecule has 5 heteroatoms. The van der Waals surface area contributed by atoms with Gasteiger partial charge in [0.25, 0.3) is 0 Å². The molecule has 1 aliphatic carbocycles. The molecule has 1 heterocycles. The van der Waals surface area contributed by atoms with E-state index in [4.69, 9.17) is 14.2 Å². The number of nitrogens with zero attached hydrogens (tertiary/aromatic N) is 1. The second-order valence-electron chi connectivity index (χ2n) is 7.02. The van der Waals surface area contributed by atoms with Crippen molar-refractivity contribution in [1.82, 2.24) is 4.98 Å². The van der Waals surface area contributed by atoms with Gasteiger partial charge in [-0.1, -0.05) is 19.9 Å². The number of ether oxygens (including phenoxy) is 3. The summed E-state index contributed by atoms with van der Waals surface area (Å²) in [6.45, 7) is 7.06. The van der Waals surface area contributed by atoms with E-state index in [1.54, 1.807) is 0 Å². The highest BCUT2D eigenvalue weighted by molar-refractivity contribution is 5.69. The van der Waals surface area contributed by atoms with Gasteiger partial charge in [-0.2, -0.15) is 0 Å². The minimum absolute atomic E-state index is 0.110. The molecule has 1 aromatic heterocycles. The summed E-state index contributed by atoms with van der Waals surface area (Å²) >= 11 is 0. The van der Waals surface area contributed by atoms with Gasteiger partial charge in [0, 0.05) is 18.5 Å². The molecule has 0 unspecified atom stereocenters. The van der Waals surface area contributed by atoms with Crippen LogP contribution in [0.2, 0.25) is 0 Å². The molecule has 1 aromatic carbocycles. The van der Waals surface area contributed by atoms with Gasteiger partial charge in [-0.05, 0) is 61.6 Å². The Hall–Kier alpha value is -2.56. The quantitative estimate of drug-likeness (QED) is 0.462. The predicted molar refractivity (Wildman–Crippen MR) is 108 cm³/mol. The highest BCUT2D eigenvalue weighted by Gasteiger charge is 2.25. The van der Waals surface area contributed by atoms with Gasteiger partial charge in [0.05, 0.1) is 18.9 Å². The third-order valence-corrected chi connectivity index (χ3v) is 4.97. The lowest BCUT2D eigenvalue weighted by molar-refractivity contribution is -0.148. The van der Waals surface area contributed by atoms with Gasteiger partial charge in [0.2, 0.25) is 0 Å². The Labute approximate surface area is 167 Å². The highest BCUT2D eigenvalue weighted by atomic mass is 16.5. The predicted octanol–water partition coefficient (Wildman–Crippen LogP) is 4.74. The van der Waals surface area contributed by atoms with Crippen LogP contribution in [0, 0.1) is 6.92 Å². The van der Waals surface area contributed by atoms with Crippen LogP contribution in [-0.4, -0.2) is 24.2 Å². The number of hydrogen-bond acceptors (Lipinski definition) is 5. The van der Waals surface area contributed by atoms with Crippen LogP contribution in [0.4, 0.5) is 0 Å². The van der Waals surface area contributed by atoms with E-state index >= 15 is 0 Å². The molecule has 0 saturated heterocycles. The number of pyridine rings is 1. The standard InChI is InChI=1S/C23H29NO4/c1-4-18-8-12-21(16(3)24-18)27-14-6-13-26-19-9-10-20-17(15-19)7-11-22(20)28-23(25)5-2/h8-10,12,15,22H,4-7,11,13-14H2,1-3H3/t22-/m0/s1. The Bertz CT molecular complexity index is 818. The first kappa shape index (κ1) is 20.2. The fraction of sp³-hybridized carbons (Fsp3) is 0.478. The van der Waals surface area contributed by atoms with E-state index in [2.05, 4.69) is 18.0 Å². The van der Waals surface area contributed by atoms with E-state index in [0.717, 1.165) is 54.1 Å². The van der Waals surface area contributed by atoms with Crippen molar-refractivity contribution in [3.63, 3.8) is 0 Å². The average Bonchev–Trinajstić information content (AvgIpc) is 3.10. The van der Waals surface area contributed by atoms with Crippen molar-refractivity contribution in [1.29, 1.82) is 0 Å². The third kappa shape index (κ3) is 5.03. The van der Waals surface area contributed by atoms with Crippen molar-refractivity contribution in [2.24, 2.45) is 0 Å². The highest BCUT2D eigenvalue weighted by Crippen LogP contribution is 2.36. The Morgan fingerprint density at radius 1 is 1.14 bits per heavy atom. The Kier molecular flexibility index (Phi) is 6.90. The number of aryl methyl sites for hydroxylation is 3. The molecule has 0 amide bonds. The van der Waals surface area contributed by atoms with E-state index in [-0.39, 0.29) is 12.1 Å². The van der Waals surface area contributed by atoms with Crippen molar-refractivity contribution in [2.45, 2.75) is 59.0 Å². The maximum Gasteiger partial charge on any atom is 0.306 e. The molecule has 2 aromatic rings. The van der Waals surface area contributed by atoms with Gasteiger partial charge in [0.1, 0.15) is 17.6 Å². The van der Waals surface area contributed by atoms with Crippen molar-refractivity contribution in [3.8, 4) is 11.5 Å². The van der Waals surface area contributed by atoms with E-state index < -0.39 is 0 Å². The minimum Gasteiger partial charge on any atom is -0.493 e. The van der Waals surface area contributed by atoms with Gasteiger partial charge in [-0.15, -0.1) is 0 Å². The average molecular weight is 383 g/mol. The van der Waals surface area contributed by atoms with Gasteiger partial charge < -0.3 is 14.2 Å². The number of aromatic nitrogens is 1. The third-order valence-electron chi connectivity index (χ3n) is 4.97. The van der Waals surface area contributed by atoms with Crippen LogP contribution in [0.25, 0.3) is 0 Å². The summed E-state index contributed by atoms with van der Waals surface area (Å²) in [7, 11) is 0. The molecule has 28 heavy (non-hydrogen) atoms. The zero-order valence-electron chi connectivity index (χ0n) is 17.0. The molecule has 0 radical (unpaired) electrons. The summed E-state index contributed by atoms with van der Waals surface area (Å²) in [4.78, 5) is 16.1. The lowest BCUT2D eigenvalue weighted by Crippen LogP contribution is -2.08. The number of benzene rings is 1. The zero-order valence-corrected chi connectivity index (χ0v) is 17.0. The van der Waals surface area contributed by atoms with Crippen LogP contribution in [0.1, 0.15) is 61.7 Å². The summed E-state index contributed by atoms with van der Waals surface area (Å²) < 4.78 is 17.2. The first-order valence-electron chi connectivity index (χ1n) is 10.1. The second-order valence-corrected chi connectivity index (χ2v) is 7.02. The summed E-state index contributed by atoms with van der Waals surface area (Å²) in [5.41, 5.74) is 4.32. The molecule has 0 spiro atoms. The summed E-state index contributed by atoms with van der Waals surface area (Å²) in [6.07, 6.45) is 3.79. The molecular weight excluding hydrogens is 354 g/mol. The number of carbonyl (C=O) groups excluding carboxylic acids is 1. The van der Waals surface area contributed by atoms with Crippen LogP contribution < -0.4 is 9.47 Å². The van der Waals surface area contributed by atoms with Crippen LogP contribution in [0.15, 0.2) is 30.3 Å². The van der Waals surface area contributed by atoms with Crippen LogP contribution in [-0.2, 0) is 22.4 Å². The largest absolute Gasteiger partial charge is 0.493 e.